The van der Waals surface area contributed by atoms with Crippen LogP contribution < -0.4 is 10.1 Å². The van der Waals surface area contributed by atoms with Gasteiger partial charge in [0.25, 0.3) is 0 Å². The van der Waals surface area contributed by atoms with Crippen LogP contribution in [0, 0.1) is 0 Å². The lowest BCUT2D eigenvalue weighted by Gasteiger charge is -2.22. The first-order valence-electron chi connectivity index (χ1n) is 6.59. The zero-order valence-corrected chi connectivity index (χ0v) is 11.2. The van der Waals surface area contributed by atoms with Crippen LogP contribution in [0.4, 0.5) is 0 Å². The fraction of sp³-hybridized carbons (Fsp3) is 0.467. The molecule has 2 N–H and O–H groups in total. The highest BCUT2D eigenvalue weighted by Gasteiger charge is 2.16. The number of hydrogen-bond donors (Lipinski definition) is 2. The quantitative estimate of drug-likeness (QED) is 0.815. The van der Waals surface area contributed by atoms with Gasteiger partial charge in [-0.1, -0.05) is 30.4 Å². The van der Waals surface area contributed by atoms with Crippen molar-refractivity contribution in [2.75, 3.05) is 26.9 Å². The van der Waals surface area contributed by atoms with Gasteiger partial charge in [0.1, 0.15) is 12.4 Å². The maximum Gasteiger partial charge on any atom is 0.126 e. The van der Waals surface area contributed by atoms with Gasteiger partial charge in [-0.25, -0.2) is 0 Å². The Bertz CT molecular complexity index is 414. The molecule has 1 aliphatic rings. The molecule has 4 nitrogen and oxygen atoms in total. The number of fused-ring (bicyclic) bond motifs is 1. The van der Waals surface area contributed by atoms with Gasteiger partial charge in [-0.15, -0.1) is 0 Å². The number of rotatable bonds is 6. The molecule has 0 aromatic heterocycles. The average Bonchev–Trinajstić information content (AvgIpc) is 2.62. The van der Waals surface area contributed by atoms with E-state index in [4.69, 9.17) is 14.6 Å². The van der Waals surface area contributed by atoms with Crippen molar-refractivity contribution in [2.45, 2.75) is 18.5 Å². The molecule has 0 saturated carbocycles. The molecule has 0 aliphatic carbocycles. The van der Waals surface area contributed by atoms with Gasteiger partial charge in [0, 0.05) is 25.3 Å². The SMILES string of the molecule is COCC(CCO)NC1C=Cc2ccccc2OC1. The predicted octanol–water partition coefficient (Wildman–Crippen LogP) is 1.45. The lowest BCUT2D eigenvalue weighted by Crippen LogP contribution is -2.43. The molecule has 0 bridgehead atoms. The zero-order valence-electron chi connectivity index (χ0n) is 11.2. The summed E-state index contributed by atoms with van der Waals surface area (Å²) in [7, 11) is 1.67. The van der Waals surface area contributed by atoms with E-state index in [1.54, 1.807) is 7.11 Å². The third-order valence-corrected chi connectivity index (χ3v) is 3.14. The summed E-state index contributed by atoms with van der Waals surface area (Å²) >= 11 is 0. The van der Waals surface area contributed by atoms with Gasteiger partial charge in [0.2, 0.25) is 0 Å². The van der Waals surface area contributed by atoms with Gasteiger partial charge >= 0.3 is 0 Å². The number of benzene rings is 1. The molecule has 104 valence electrons. The van der Waals surface area contributed by atoms with Crippen LogP contribution >= 0.6 is 0 Å². The van der Waals surface area contributed by atoms with E-state index in [1.165, 1.54) is 0 Å². The van der Waals surface area contributed by atoms with Crippen molar-refractivity contribution in [1.82, 2.24) is 5.32 Å². The molecule has 0 radical (unpaired) electrons. The zero-order chi connectivity index (χ0) is 13.5. The molecule has 1 aromatic rings. The van der Waals surface area contributed by atoms with E-state index in [-0.39, 0.29) is 18.7 Å². The van der Waals surface area contributed by atoms with Crippen LogP contribution in [0.1, 0.15) is 12.0 Å². The molecule has 2 atom stereocenters. The van der Waals surface area contributed by atoms with E-state index in [0.717, 1.165) is 11.3 Å². The maximum atomic E-state index is 9.05. The molecule has 4 heteroatoms. The fourth-order valence-corrected chi connectivity index (χ4v) is 2.18. The molecular formula is C15H21NO3. The highest BCUT2D eigenvalue weighted by atomic mass is 16.5. The Kier molecular flexibility index (Phi) is 5.39. The Balaban J connectivity index is 1.97. The summed E-state index contributed by atoms with van der Waals surface area (Å²) < 4.78 is 10.9. The Morgan fingerprint density at radius 2 is 2.32 bits per heavy atom. The monoisotopic (exact) mass is 263 g/mol. The van der Waals surface area contributed by atoms with Crippen LogP contribution in [0.25, 0.3) is 6.08 Å². The Labute approximate surface area is 114 Å². The minimum absolute atomic E-state index is 0.124. The third-order valence-electron chi connectivity index (χ3n) is 3.14. The summed E-state index contributed by atoms with van der Waals surface area (Å²) in [5.74, 6) is 0.911. The van der Waals surface area contributed by atoms with E-state index in [9.17, 15) is 0 Å². The number of aliphatic hydroxyl groups is 1. The molecule has 0 saturated heterocycles. The van der Waals surface area contributed by atoms with Gasteiger partial charge in [-0.05, 0) is 12.5 Å². The minimum atomic E-state index is 0.124. The van der Waals surface area contributed by atoms with Gasteiger partial charge in [-0.2, -0.15) is 0 Å². The van der Waals surface area contributed by atoms with Gasteiger partial charge in [0.05, 0.1) is 12.6 Å². The van der Waals surface area contributed by atoms with Crippen LogP contribution in [-0.2, 0) is 4.74 Å². The van der Waals surface area contributed by atoms with Crippen LogP contribution in [-0.4, -0.2) is 44.1 Å². The molecule has 2 unspecified atom stereocenters. The molecule has 1 aliphatic heterocycles. The number of aliphatic hydroxyl groups excluding tert-OH is 1. The first-order valence-corrected chi connectivity index (χ1v) is 6.59. The number of methoxy groups -OCH3 is 1. The molecular weight excluding hydrogens is 242 g/mol. The summed E-state index contributed by atoms with van der Waals surface area (Å²) in [5, 5.41) is 12.5. The topological polar surface area (TPSA) is 50.7 Å². The van der Waals surface area contributed by atoms with E-state index in [2.05, 4.69) is 17.5 Å². The molecule has 2 rings (SSSR count). The Hall–Kier alpha value is -1.36. The second-order valence-corrected chi connectivity index (χ2v) is 4.65. The van der Waals surface area contributed by atoms with E-state index < -0.39 is 0 Å². The van der Waals surface area contributed by atoms with Crippen molar-refractivity contribution < 1.29 is 14.6 Å². The molecule has 1 aromatic carbocycles. The van der Waals surface area contributed by atoms with Crippen LogP contribution in [0.5, 0.6) is 5.75 Å². The first-order chi connectivity index (χ1) is 9.33. The highest BCUT2D eigenvalue weighted by molar-refractivity contribution is 5.58. The molecule has 1 heterocycles. The summed E-state index contributed by atoms with van der Waals surface area (Å²) in [6, 6.07) is 8.24. The second kappa shape index (κ2) is 7.28. The third kappa shape index (κ3) is 4.06. The minimum Gasteiger partial charge on any atom is -0.491 e. The van der Waals surface area contributed by atoms with E-state index in [0.29, 0.717) is 19.6 Å². The number of para-hydroxylation sites is 1. The van der Waals surface area contributed by atoms with Crippen molar-refractivity contribution >= 4 is 6.08 Å². The van der Waals surface area contributed by atoms with E-state index >= 15 is 0 Å². The summed E-state index contributed by atoms with van der Waals surface area (Å²) in [4.78, 5) is 0. The normalized spacial score (nSPS) is 19.4. The largest absolute Gasteiger partial charge is 0.491 e. The lowest BCUT2D eigenvalue weighted by atomic mass is 10.1. The molecule has 0 fully saturated rings. The molecule has 0 spiro atoms. The van der Waals surface area contributed by atoms with Gasteiger partial charge in [0.15, 0.2) is 0 Å². The predicted molar refractivity (Wildman–Crippen MR) is 75.3 cm³/mol. The van der Waals surface area contributed by atoms with Crippen molar-refractivity contribution in [1.29, 1.82) is 0 Å². The molecule has 19 heavy (non-hydrogen) atoms. The van der Waals surface area contributed by atoms with Crippen molar-refractivity contribution in [2.24, 2.45) is 0 Å². The summed E-state index contributed by atoms with van der Waals surface area (Å²) in [5.41, 5.74) is 1.09. The number of hydrogen-bond acceptors (Lipinski definition) is 4. The van der Waals surface area contributed by atoms with Gasteiger partial charge in [-0.3, -0.25) is 0 Å². The Morgan fingerprint density at radius 3 is 3.11 bits per heavy atom. The highest BCUT2D eigenvalue weighted by Crippen LogP contribution is 2.22. The van der Waals surface area contributed by atoms with Crippen molar-refractivity contribution in [3.8, 4) is 5.75 Å². The van der Waals surface area contributed by atoms with E-state index in [1.807, 2.05) is 24.3 Å². The fourth-order valence-electron chi connectivity index (χ4n) is 2.18. The number of nitrogens with one attached hydrogen (secondary N) is 1. The Morgan fingerprint density at radius 1 is 1.47 bits per heavy atom. The summed E-state index contributed by atoms with van der Waals surface area (Å²) in [6.07, 6.45) is 4.85. The van der Waals surface area contributed by atoms with Crippen molar-refractivity contribution in [3.63, 3.8) is 0 Å². The average molecular weight is 263 g/mol. The summed E-state index contributed by atoms with van der Waals surface area (Å²) in [6.45, 7) is 1.32. The maximum absolute atomic E-state index is 9.05. The first kappa shape index (κ1) is 14.1. The standard InChI is InChI=1S/C15H21NO3/c1-18-10-14(8-9-17)16-13-7-6-12-4-2-3-5-15(12)19-11-13/h2-7,13-14,16-17H,8-11H2,1H3. The molecule has 0 amide bonds. The number of ether oxygens (including phenoxy) is 2. The second-order valence-electron chi connectivity index (χ2n) is 4.65. The van der Waals surface area contributed by atoms with Gasteiger partial charge < -0.3 is 19.9 Å². The smallest absolute Gasteiger partial charge is 0.126 e. The van der Waals surface area contributed by atoms with Crippen molar-refractivity contribution in [3.05, 3.63) is 35.9 Å². The van der Waals surface area contributed by atoms with Crippen LogP contribution in [0.2, 0.25) is 0 Å². The lowest BCUT2D eigenvalue weighted by molar-refractivity contribution is 0.140. The van der Waals surface area contributed by atoms with Crippen LogP contribution in [0.3, 0.4) is 0 Å². The van der Waals surface area contributed by atoms with Crippen LogP contribution in [0.15, 0.2) is 30.3 Å².